The number of carbonyl (C=O) groups excluding carboxylic acids is 1. The number of anilines is 3. The van der Waals surface area contributed by atoms with E-state index in [2.05, 4.69) is 15.6 Å². The van der Waals surface area contributed by atoms with Crippen LogP contribution in [0.15, 0.2) is 66.9 Å². The van der Waals surface area contributed by atoms with Gasteiger partial charge in [-0.05, 0) is 60.7 Å². The Morgan fingerprint density at radius 3 is 2.18 bits per heavy atom. The van der Waals surface area contributed by atoms with Crippen LogP contribution in [0.4, 0.5) is 30.2 Å². The minimum absolute atomic E-state index is 0.160. The molecule has 2 N–H and O–H groups in total. The topological polar surface area (TPSA) is 63.2 Å². The summed E-state index contributed by atoms with van der Waals surface area (Å²) in [6.07, 6.45) is -2.95. The third kappa shape index (κ3) is 4.79. The van der Waals surface area contributed by atoms with Gasteiger partial charge in [0.1, 0.15) is 11.4 Å². The number of benzene rings is 2. The predicted octanol–water partition coefficient (Wildman–Crippen LogP) is 5.10. The molecule has 0 aliphatic carbocycles. The Morgan fingerprint density at radius 2 is 1.57 bits per heavy atom. The summed E-state index contributed by atoms with van der Waals surface area (Å²) < 4.78 is 42.9. The quantitative estimate of drug-likeness (QED) is 0.639. The summed E-state index contributed by atoms with van der Waals surface area (Å²) >= 11 is 0. The van der Waals surface area contributed by atoms with Crippen LogP contribution in [0.5, 0.6) is 5.75 Å². The van der Waals surface area contributed by atoms with Crippen LogP contribution in [0, 0.1) is 0 Å². The Balaban J connectivity index is 1.70. The second-order valence-corrected chi connectivity index (χ2v) is 5.81. The van der Waals surface area contributed by atoms with E-state index in [1.807, 2.05) is 0 Å². The summed E-state index contributed by atoms with van der Waals surface area (Å²) in [7, 11) is 1.55. The molecule has 0 atom stereocenters. The van der Waals surface area contributed by atoms with E-state index in [9.17, 15) is 18.0 Å². The molecule has 8 heteroatoms. The molecular formula is C20H16F3N3O2. The molecule has 0 unspecified atom stereocenters. The van der Waals surface area contributed by atoms with Gasteiger partial charge in [-0.3, -0.25) is 9.78 Å². The molecule has 144 valence electrons. The first-order valence-corrected chi connectivity index (χ1v) is 8.21. The van der Waals surface area contributed by atoms with Gasteiger partial charge < -0.3 is 15.4 Å². The second-order valence-electron chi connectivity index (χ2n) is 5.81. The van der Waals surface area contributed by atoms with Gasteiger partial charge in [0.25, 0.3) is 5.91 Å². The monoisotopic (exact) mass is 387 g/mol. The Labute approximate surface area is 159 Å². The smallest absolute Gasteiger partial charge is 0.416 e. The molecule has 0 aliphatic heterocycles. The molecule has 3 aromatic rings. The van der Waals surface area contributed by atoms with Gasteiger partial charge in [-0.25, -0.2) is 0 Å². The number of amides is 1. The molecule has 0 bridgehead atoms. The molecule has 1 aromatic heterocycles. The molecule has 3 rings (SSSR count). The maximum absolute atomic E-state index is 12.6. The lowest BCUT2D eigenvalue weighted by molar-refractivity contribution is -0.137. The third-order valence-corrected chi connectivity index (χ3v) is 3.84. The van der Waals surface area contributed by atoms with E-state index < -0.39 is 17.6 Å². The molecule has 0 radical (unpaired) electrons. The van der Waals surface area contributed by atoms with Gasteiger partial charge in [0.2, 0.25) is 0 Å². The lowest BCUT2D eigenvalue weighted by Gasteiger charge is -2.10. The first-order chi connectivity index (χ1) is 13.3. The third-order valence-electron chi connectivity index (χ3n) is 3.84. The van der Waals surface area contributed by atoms with Crippen molar-refractivity contribution >= 4 is 23.0 Å². The van der Waals surface area contributed by atoms with Crippen molar-refractivity contribution in [3.8, 4) is 5.75 Å². The number of pyridine rings is 1. The van der Waals surface area contributed by atoms with Crippen molar-refractivity contribution in [2.45, 2.75) is 6.18 Å². The van der Waals surface area contributed by atoms with E-state index in [0.29, 0.717) is 22.8 Å². The first kappa shape index (κ1) is 19.2. The molecule has 0 spiro atoms. The molecule has 2 aromatic carbocycles. The van der Waals surface area contributed by atoms with Crippen LogP contribution in [-0.2, 0) is 6.18 Å². The SMILES string of the molecule is COc1ccc(NC(=O)c2cc(Nc3ccc(C(F)(F)F)cc3)ccn2)cc1. The van der Waals surface area contributed by atoms with Crippen molar-refractivity contribution in [3.63, 3.8) is 0 Å². The molecular weight excluding hydrogens is 371 g/mol. The van der Waals surface area contributed by atoms with E-state index in [4.69, 9.17) is 4.74 Å². The number of ether oxygens (including phenoxy) is 1. The summed E-state index contributed by atoms with van der Waals surface area (Å²) in [6, 6.07) is 14.6. The van der Waals surface area contributed by atoms with E-state index >= 15 is 0 Å². The van der Waals surface area contributed by atoms with Gasteiger partial charge in [0, 0.05) is 23.3 Å². The maximum Gasteiger partial charge on any atom is 0.416 e. The largest absolute Gasteiger partial charge is 0.497 e. The minimum atomic E-state index is -4.39. The number of nitrogens with one attached hydrogen (secondary N) is 2. The molecule has 5 nitrogen and oxygen atoms in total. The highest BCUT2D eigenvalue weighted by Crippen LogP contribution is 2.30. The summed E-state index contributed by atoms with van der Waals surface area (Å²) in [5.41, 5.74) is 0.990. The number of halogens is 3. The Bertz CT molecular complexity index is 956. The molecule has 0 saturated heterocycles. The zero-order valence-corrected chi connectivity index (χ0v) is 14.7. The fourth-order valence-corrected chi connectivity index (χ4v) is 2.41. The molecule has 0 fully saturated rings. The standard InChI is InChI=1S/C20H16F3N3O2/c1-28-17-8-6-15(7-9-17)26-19(27)18-12-16(10-11-24-18)25-14-4-2-13(3-5-14)20(21,22)23/h2-12H,1H3,(H,24,25)(H,26,27). The number of methoxy groups -OCH3 is 1. The van der Waals surface area contributed by atoms with E-state index in [1.165, 1.54) is 24.4 Å². The highest BCUT2D eigenvalue weighted by Gasteiger charge is 2.29. The average Bonchev–Trinajstić information content (AvgIpc) is 2.68. The van der Waals surface area contributed by atoms with Crippen molar-refractivity contribution in [2.75, 3.05) is 17.7 Å². The number of rotatable bonds is 5. The highest BCUT2D eigenvalue weighted by atomic mass is 19.4. The molecule has 0 aliphatic rings. The van der Waals surface area contributed by atoms with Crippen LogP contribution in [0.1, 0.15) is 16.1 Å². The van der Waals surface area contributed by atoms with Crippen molar-refractivity contribution in [2.24, 2.45) is 0 Å². The van der Waals surface area contributed by atoms with Crippen LogP contribution in [0.25, 0.3) is 0 Å². The van der Waals surface area contributed by atoms with Crippen LogP contribution >= 0.6 is 0 Å². The van der Waals surface area contributed by atoms with Gasteiger partial charge in [-0.1, -0.05) is 0 Å². The number of aromatic nitrogens is 1. The van der Waals surface area contributed by atoms with E-state index in [-0.39, 0.29) is 5.69 Å². The average molecular weight is 387 g/mol. The molecule has 1 heterocycles. The fraction of sp³-hybridized carbons (Fsp3) is 0.100. The zero-order valence-electron chi connectivity index (χ0n) is 14.7. The number of carbonyl (C=O) groups is 1. The summed E-state index contributed by atoms with van der Waals surface area (Å²) in [5.74, 6) is 0.250. The van der Waals surface area contributed by atoms with Gasteiger partial charge in [-0.2, -0.15) is 13.2 Å². The Morgan fingerprint density at radius 1 is 0.929 bits per heavy atom. The minimum Gasteiger partial charge on any atom is -0.497 e. The molecule has 0 saturated carbocycles. The van der Waals surface area contributed by atoms with Crippen LogP contribution < -0.4 is 15.4 Å². The Kier molecular flexibility index (Phi) is 5.49. The van der Waals surface area contributed by atoms with Crippen molar-refractivity contribution in [1.82, 2.24) is 4.98 Å². The van der Waals surface area contributed by atoms with Gasteiger partial charge in [-0.15, -0.1) is 0 Å². The summed E-state index contributed by atoms with van der Waals surface area (Å²) in [4.78, 5) is 16.4. The van der Waals surface area contributed by atoms with Crippen molar-refractivity contribution in [1.29, 1.82) is 0 Å². The number of hydrogen-bond donors (Lipinski definition) is 2. The lowest BCUT2D eigenvalue weighted by Crippen LogP contribution is -2.13. The van der Waals surface area contributed by atoms with E-state index in [0.717, 1.165) is 12.1 Å². The van der Waals surface area contributed by atoms with Crippen LogP contribution in [0.3, 0.4) is 0 Å². The van der Waals surface area contributed by atoms with Crippen molar-refractivity contribution in [3.05, 3.63) is 78.1 Å². The predicted molar refractivity (Wildman–Crippen MR) is 99.9 cm³/mol. The fourth-order valence-electron chi connectivity index (χ4n) is 2.41. The van der Waals surface area contributed by atoms with Crippen molar-refractivity contribution < 1.29 is 22.7 Å². The normalized spacial score (nSPS) is 11.0. The summed E-state index contributed by atoms with van der Waals surface area (Å²) in [5, 5.41) is 5.67. The first-order valence-electron chi connectivity index (χ1n) is 8.21. The number of nitrogens with zero attached hydrogens (tertiary/aromatic N) is 1. The summed E-state index contributed by atoms with van der Waals surface area (Å²) in [6.45, 7) is 0. The maximum atomic E-state index is 12.6. The highest BCUT2D eigenvalue weighted by molar-refractivity contribution is 6.03. The Hall–Kier alpha value is -3.55. The van der Waals surface area contributed by atoms with Gasteiger partial charge in [0.05, 0.1) is 12.7 Å². The van der Waals surface area contributed by atoms with Gasteiger partial charge >= 0.3 is 6.18 Å². The van der Waals surface area contributed by atoms with Gasteiger partial charge in [0.15, 0.2) is 0 Å². The van der Waals surface area contributed by atoms with Crippen LogP contribution in [-0.4, -0.2) is 18.0 Å². The van der Waals surface area contributed by atoms with Crippen LogP contribution in [0.2, 0.25) is 0 Å². The van der Waals surface area contributed by atoms with E-state index in [1.54, 1.807) is 37.4 Å². The second kappa shape index (κ2) is 7.99. The molecule has 1 amide bonds. The zero-order chi connectivity index (χ0) is 20.1. The lowest BCUT2D eigenvalue weighted by atomic mass is 10.2. The molecule has 28 heavy (non-hydrogen) atoms. The number of hydrogen-bond acceptors (Lipinski definition) is 4. The number of alkyl halides is 3.